The highest BCUT2D eigenvalue weighted by molar-refractivity contribution is 8.00. The summed E-state index contributed by atoms with van der Waals surface area (Å²) in [4.78, 5) is 11.9. The Morgan fingerprint density at radius 1 is 1.56 bits per heavy atom. The van der Waals surface area contributed by atoms with Gasteiger partial charge in [-0.15, -0.1) is 11.8 Å². The fourth-order valence-electron chi connectivity index (χ4n) is 1.98. The molecule has 1 aliphatic rings. The topological polar surface area (TPSA) is 64.3 Å². The van der Waals surface area contributed by atoms with Crippen molar-refractivity contribution in [2.75, 3.05) is 17.7 Å². The van der Waals surface area contributed by atoms with Gasteiger partial charge >= 0.3 is 0 Å². The molecular formula is C13H18N2O2S. The molecule has 4 nitrogen and oxygen atoms in total. The van der Waals surface area contributed by atoms with E-state index in [2.05, 4.69) is 12.2 Å². The van der Waals surface area contributed by atoms with Gasteiger partial charge in [-0.25, -0.2) is 0 Å². The Kier molecular flexibility index (Phi) is 4.49. The third kappa shape index (κ3) is 3.40. The molecule has 1 aliphatic heterocycles. The minimum Gasteiger partial charge on any atom is -0.379 e. The van der Waals surface area contributed by atoms with E-state index in [9.17, 15) is 4.79 Å². The maximum absolute atomic E-state index is 10.8. The second-order valence-electron chi connectivity index (χ2n) is 4.37. The number of ether oxygens (including phenoxy) is 1. The van der Waals surface area contributed by atoms with E-state index in [1.54, 1.807) is 0 Å². The quantitative estimate of drug-likeness (QED) is 0.798. The number of nitrogens with two attached hydrogens (primary N) is 1. The molecule has 1 fully saturated rings. The van der Waals surface area contributed by atoms with Crippen LogP contribution in [0.25, 0.3) is 0 Å². The zero-order valence-corrected chi connectivity index (χ0v) is 11.2. The largest absolute Gasteiger partial charge is 0.379 e. The van der Waals surface area contributed by atoms with Crippen molar-refractivity contribution < 1.29 is 9.53 Å². The molecule has 2 unspecified atom stereocenters. The molecule has 0 bridgehead atoms. The molecule has 0 saturated carbocycles. The summed E-state index contributed by atoms with van der Waals surface area (Å²) in [6.45, 7) is 2.87. The van der Waals surface area contributed by atoms with Gasteiger partial charge in [-0.1, -0.05) is 12.1 Å². The average molecular weight is 266 g/mol. The minimum atomic E-state index is -0.299. The molecule has 1 aromatic rings. The molecule has 0 radical (unpaired) electrons. The van der Waals surface area contributed by atoms with Gasteiger partial charge in [0.2, 0.25) is 5.91 Å². The van der Waals surface area contributed by atoms with Crippen molar-refractivity contribution in [2.45, 2.75) is 30.4 Å². The number of para-hydroxylation sites is 1. The van der Waals surface area contributed by atoms with Crippen LogP contribution in [0.3, 0.4) is 0 Å². The number of hydrogen-bond donors (Lipinski definition) is 2. The van der Waals surface area contributed by atoms with Crippen molar-refractivity contribution in [2.24, 2.45) is 5.73 Å². The summed E-state index contributed by atoms with van der Waals surface area (Å²) in [5, 5.41) is 3.49. The first kappa shape index (κ1) is 13.2. The summed E-state index contributed by atoms with van der Waals surface area (Å²) in [7, 11) is 0. The van der Waals surface area contributed by atoms with Crippen LogP contribution in [0.2, 0.25) is 0 Å². The van der Waals surface area contributed by atoms with Crippen molar-refractivity contribution in [3.05, 3.63) is 24.3 Å². The van der Waals surface area contributed by atoms with E-state index >= 15 is 0 Å². The highest BCUT2D eigenvalue weighted by Gasteiger charge is 2.24. The minimum absolute atomic E-state index is 0.221. The first-order valence-corrected chi connectivity index (χ1v) is 7.03. The Morgan fingerprint density at radius 2 is 2.33 bits per heavy atom. The van der Waals surface area contributed by atoms with Gasteiger partial charge in [0.1, 0.15) is 0 Å². The Bertz CT molecular complexity index is 425. The number of benzene rings is 1. The standard InChI is InChI=1S/C13H18N2O2S/c1-9-10(6-7-17-9)15-11-4-2-3-5-12(11)18-8-13(14)16/h2-5,9-10,15H,6-8H2,1H3,(H2,14,16). The maximum Gasteiger partial charge on any atom is 0.227 e. The number of carbonyl (C=O) groups is 1. The number of rotatable bonds is 5. The monoisotopic (exact) mass is 266 g/mol. The van der Waals surface area contributed by atoms with Crippen LogP contribution in [0.15, 0.2) is 29.2 Å². The Morgan fingerprint density at radius 3 is 3.00 bits per heavy atom. The Labute approximate surface area is 111 Å². The summed E-state index contributed by atoms with van der Waals surface area (Å²) in [6, 6.07) is 8.30. The lowest BCUT2D eigenvalue weighted by Gasteiger charge is -2.19. The molecule has 5 heteroatoms. The second-order valence-corrected chi connectivity index (χ2v) is 5.38. The van der Waals surface area contributed by atoms with Crippen molar-refractivity contribution >= 4 is 23.4 Å². The van der Waals surface area contributed by atoms with Crippen LogP contribution >= 0.6 is 11.8 Å². The molecule has 18 heavy (non-hydrogen) atoms. The van der Waals surface area contributed by atoms with Crippen LogP contribution in [0.4, 0.5) is 5.69 Å². The van der Waals surface area contributed by atoms with Crippen LogP contribution < -0.4 is 11.1 Å². The predicted octanol–water partition coefficient (Wildman–Crippen LogP) is 1.85. The zero-order valence-electron chi connectivity index (χ0n) is 10.4. The summed E-state index contributed by atoms with van der Waals surface area (Å²) in [6.07, 6.45) is 1.23. The third-order valence-corrected chi connectivity index (χ3v) is 4.07. The Hall–Kier alpha value is -1.20. The summed E-state index contributed by atoms with van der Waals surface area (Å²) < 4.78 is 5.53. The van der Waals surface area contributed by atoms with Crippen LogP contribution in [0.5, 0.6) is 0 Å². The van der Waals surface area contributed by atoms with Gasteiger partial charge in [-0.05, 0) is 25.5 Å². The molecule has 2 atom stereocenters. The van der Waals surface area contributed by atoms with E-state index in [1.807, 2.05) is 24.3 Å². The summed E-state index contributed by atoms with van der Waals surface area (Å²) in [5.74, 6) is 0.00227. The molecule has 1 amide bonds. The average Bonchev–Trinajstić information content (AvgIpc) is 2.74. The second kappa shape index (κ2) is 6.11. The third-order valence-electron chi connectivity index (χ3n) is 2.97. The number of carbonyl (C=O) groups excluding carboxylic acids is 1. The molecule has 0 aromatic heterocycles. The Balaban J connectivity index is 2.04. The molecule has 0 spiro atoms. The normalized spacial score (nSPS) is 22.9. The van der Waals surface area contributed by atoms with Crippen LogP contribution in [-0.2, 0) is 9.53 Å². The van der Waals surface area contributed by atoms with E-state index in [1.165, 1.54) is 11.8 Å². The van der Waals surface area contributed by atoms with E-state index in [-0.39, 0.29) is 12.0 Å². The zero-order chi connectivity index (χ0) is 13.0. The first-order valence-electron chi connectivity index (χ1n) is 6.05. The van der Waals surface area contributed by atoms with E-state index in [4.69, 9.17) is 10.5 Å². The van der Waals surface area contributed by atoms with Crippen molar-refractivity contribution in [1.82, 2.24) is 0 Å². The molecule has 2 rings (SSSR count). The van der Waals surface area contributed by atoms with Gasteiger partial charge in [0.25, 0.3) is 0 Å². The van der Waals surface area contributed by atoms with E-state index in [0.29, 0.717) is 11.8 Å². The lowest BCUT2D eigenvalue weighted by atomic mass is 10.1. The molecule has 0 aliphatic carbocycles. The number of nitrogens with one attached hydrogen (secondary N) is 1. The number of hydrogen-bond acceptors (Lipinski definition) is 4. The SMILES string of the molecule is CC1OCCC1Nc1ccccc1SCC(N)=O. The highest BCUT2D eigenvalue weighted by Crippen LogP contribution is 2.29. The number of primary amides is 1. The number of amides is 1. The van der Waals surface area contributed by atoms with E-state index < -0.39 is 0 Å². The van der Waals surface area contributed by atoms with Gasteiger partial charge in [0.15, 0.2) is 0 Å². The van der Waals surface area contributed by atoms with Gasteiger partial charge < -0.3 is 15.8 Å². The fraction of sp³-hybridized carbons (Fsp3) is 0.462. The first-order chi connectivity index (χ1) is 8.66. The van der Waals surface area contributed by atoms with Crippen molar-refractivity contribution in [1.29, 1.82) is 0 Å². The maximum atomic E-state index is 10.8. The number of thioether (sulfide) groups is 1. The van der Waals surface area contributed by atoms with Crippen LogP contribution in [-0.4, -0.2) is 30.4 Å². The van der Waals surface area contributed by atoms with Gasteiger partial charge in [0, 0.05) is 17.2 Å². The molecule has 1 saturated heterocycles. The summed E-state index contributed by atoms with van der Waals surface area (Å²) in [5.41, 5.74) is 6.22. The fourth-order valence-corrected chi connectivity index (χ4v) is 2.74. The highest BCUT2D eigenvalue weighted by atomic mass is 32.2. The number of anilines is 1. The predicted molar refractivity (Wildman–Crippen MR) is 73.8 cm³/mol. The molecular weight excluding hydrogens is 248 g/mol. The van der Waals surface area contributed by atoms with Crippen LogP contribution in [0, 0.1) is 0 Å². The lowest BCUT2D eigenvalue weighted by Crippen LogP contribution is -2.26. The van der Waals surface area contributed by atoms with Gasteiger partial charge in [-0.2, -0.15) is 0 Å². The smallest absolute Gasteiger partial charge is 0.227 e. The van der Waals surface area contributed by atoms with Gasteiger partial charge in [-0.3, -0.25) is 4.79 Å². The molecule has 3 N–H and O–H groups in total. The van der Waals surface area contributed by atoms with E-state index in [0.717, 1.165) is 23.6 Å². The molecule has 98 valence electrons. The van der Waals surface area contributed by atoms with Crippen molar-refractivity contribution in [3.8, 4) is 0 Å². The van der Waals surface area contributed by atoms with Crippen molar-refractivity contribution in [3.63, 3.8) is 0 Å². The van der Waals surface area contributed by atoms with Crippen LogP contribution in [0.1, 0.15) is 13.3 Å². The summed E-state index contributed by atoms with van der Waals surface area (Å²) >= 11 is 1.46. The van der Waals surface area contributed by atoms with Gasteiger partial charge in [0.05, 0.1) is 17.9 Å². The molecule has 1 aromatic carbocycles. The molecule has 1 heterocycles. The lowest BCUT2D eigenvalue weighted by molar-refractivity contribution is -0.115.